The fourth-order valence-corrected chi connectivity index (χ4v) is 2.12. The molecule has 1 aromatic rings. The van der Waals surface area contributed by atoms with Crippen LogP contribution in [-0.4, -0.2) is 29.8 Å². The second-order valence-corrected chi connectivity index (χ2v) is 4.99. The third-order valence-electron chi connectivity index (χ3n) is 3.48. The lowest BCUT2D eigenvalue weighted by Gasteiger charge is -2.28. The number of aryl methyl sites for hydroxylation is 1. The van der Waals surface area contributed by atoms with Gasteiger partial charge in [0.25, 0.3) is 0 Å². The van der Waals surface area contributed by atoms with Gasteiger partial charge in [-0.25, -0.2) is 0 Å². The number of nitrogens with one attached hydrogen (secondary N) is 1. The predicted molar refractivity (Wildman–Crippen MR) is 80.2 cm³/mol. The molecule has 0 aromatic heterocycles. The highest BCUT2D eigenvalue weighted by Crippen LogP contribution is 2.14. The number of benzene rings is 1. The zero-order chi connectivity index (χ0) is 15.1. The van der Waals surface area contributed by atoms with Crippen LogP contribution in [0.3, 0.4) is 0 Å². The van der Waals surface area contributed by atoms with Gasteiger partial charge in [0.2, 0.25) is 11.8 Å². The lowest BCUT2D eigenvalue weighted by Crippen LogP contribution is -2.46. The van der Waals surface area contributed by atoms with E-state index in [1.54, 1.807) is 18.9 Å². The van der Waals surface area contributed by atoms with E-state index in [2.05, 4.69) is 5.32 Å². The number of carbonyl (C=O) groups excluding carboxylic acids is 2. The normalized spacial score (nSPS) is 11.8. The summed E-state index contributed by atoms with van der Waals surface area (Å²) in [4.78, 5) is 25.8. The van der Waals surface area contributed by atoms with Gasteiger partial charge in [-0.05, 0) is 31.4 Å². The van der Waals surface area contributed by atoms with Crippen LogP contribution in [-0.2, 0) is 16.1 Å². The van der Waals surface area contributed by atoms with Gasteiger partial charge < -0.3 is 10.2 Å². The van der Waals surface area contributed by atoms with Crippen LogP contribution in [0.5, 0.6) is 0 Å². The van der Waals surface area contributed by atoms with Crippen LogP contribution < -0.4 is 5.32 Å². The fourth-order valence-electron chi connectivity index (χ4n) is 2.12. The number of amides is 2. The molecule has 0 heterocycles. The first-order valence-electron chi connectivity index (χ1n) is 7.06. The van der Waals surface area contributed by atoms with Crippen molar-refractivity contribution < 1.29 is 9.59 Å². The van der Waals surface area contributed by atoms with Crippen LogP contribution in [0.15, 0.2) is 24.3 Å². The van der Waals surface area contributed by atoms with Crippen LogP contribution >= 0.6 is 0 Å². The number of hydrogen-bond donors (Lipinski definition) is 1. The predicted octanol–water partition coefficient (Wildman–Crippen LogP) is 2.26. The quantitative estimate of drug-likeness (QED) is 0.866. The molecule has 110 valence electrons. The summed E-state index contributed by atoms with van der Waals surface area (Å²) in [5, 5.41) is 2.61. The van der Waals surface area contributed by atoms with Crippen molar-refractivity contribution in [3.05, 3.63) is 35.4 Å². The molecule has 1 atom stereocenters. The van der Waals surface area contributed by atoms with Crippen molar-refractivity contribution in [3.8, 4) is 0 Å². The molecule has 0 radical (unpaired) electrons. The first-order chi connectivity index (χ1) is 9.51. The van der Waals surface area contributed by atoms with E-state index in [0.717, 1.165) is 17.5 Å². The van der Waals surface area contributed by atoms with Crippen molar-refractivity contribution in [1.29, 1.82) is 0 Å². The number of hydrogen-bond acceptors (Lipinski definition) is 2. The van der Waals surface area contributed by atoms with Gasteiger partial charge in [0.05, 0.1) is 0 Å². The van der Waals surface area contributed by atoms with Crippen LogP contribution in [0.1, 0.15) is 37.8 Å². The summed E-state index contributed by atoms with van der Waals surface area (Å²) in [5.41, 5.74) is 2.21. The van der Waals surface area contributed by atoms with Gasteiger partial charge in [0.15, 0.2) is 0 Å². The van der Waals surface area contributed by atoms with Gasteiger partial charge in [-0.1, -0.05) is 31.2 Å². The summed E-state index contributed by atoms with van der Waals surface area (Å²) >= 11 is 0. The summed E-state index contributed by atoms with van der Waals surface area (Å²) < 4.78 is 0. The molecule has 1 N–H and O–H groups in total. The second kappa shape index (κ2) is 7.68. The van der Waals surface area contributed by atoms with Crippen molar-refractivity contribution in [2.75, 3.05) is 7.05 Å². The summed E-state index contributed by atoms with van der Waals surface area (Å²) in [6, 6.07) is 7.48. The lowest BCUT2D eigenvalue weighted by molar-refractivity contribution is -0.140. The molecule has 4 heteroatoms. The van der Waals surface area contributed by atoms with Gasteiger partial charge in [-0.2, -0.15) is 0 Å². The average Bonchev–Trinajstić information content (AvgIpc) is 2.45. The Labute approximate surface area is 121 Å². The summed E-state index contributed by atoms with van der Waals surface area (Å²) in [6.45, 7) is 6.22. The number of nitrogens with zero attached hydrogens (tertiary/aromatic N) is 1. The zero-order valence-corrected chi connectivity index (χ0v) is 12.8. The van der Waals surface area contributed by atoms with Gasteiger partial charge in [0.1, 0.15) is 6.04 Å². The maximum Gasteiger partial charge on any atom is 0.242 e. The van der Waals surface area contributed by atoms with E-state index in [4.69, 9.17) is 0 Å². The molecule has 0 bridgehead atoms. The molecule has 0 aliphatic rings. The van der Waals surface area contributed by atoms with Crippen LogP contribution in [0, 0.1) is 6.92 Å². The van der Waals surface area contributed by atoms with Crippen LogP contribution in [0.2, 0.25) is 0 Å². The van der Waals surface area contributed by atoms with E-state index in [-0.39, 0.29) is 11.8 Å². The van der Waals surface area contributed by atoms with Crippen molar-refractivity contribution in [2.24, 2.45) is 0 Å². The highest BCUT2D eigenvalue weighted by Gasteiger charge is 2.24. The number of carbonyl (C=O) groups is 2. The maximum absolute atomic E-state index is 12.3. The Bertz CT molecular complexity index is 471. The molecule has 2 amide bonds. The van der Waals surface area contributed by atoms with E-state index < -0.39 is 6.04 Å². The van der Waals surface area contributed by atoms with Crippen LogP contribution in [0.25, 0.3) is 0 Å². The van der Waals surface area contributed by atoms with E-state index in [1.165, 1.54) is 0 Å². The number of likely N-dealkylation sites (N-methyl/N-ethyl adjacent to an activating group) is 1. The monoisotopic (exact) mass is 276 g/mol. The SMILES string of the molecule is CCCC(=O)N(Cc1ccccc1C)C(C)C(=O)NC. The standard InChI is InChI=1S/C16H24N2O2/c1-5-8-15(19)18(13(3)16(20)17-4)11-14-10-7-6-9-12(14)2/h6-7,9-10,13H,5,8,11H2,1-4H3,(H,17,20). The molecule has 4 nitrogen and oxygen atoms in total. The van der Waals surface area contributed by atoms with Gasteiger partial charge >= 0.3 is 0 Å². The topological polar surface area (TPSA) is 49.4 Å². The smallest absolute Gasteiger partial charge is 0.242 e. The molecule has 0 saturated heterocycles. The Balaban J connectivity index is 2.96. The molecule has 0 saturated carbocycles. The molecule has 0 fully saturated rings. The van der Waals surface area contributed by atoms with Crippen molar-refractivity contribution in [1.82, 2.24) is 10.2 Å². The Morgan fingerprint density at radius 2 is 1.95 bits per heavy atom. The summed E-state index contributed by atoms with van der Waals surface area (Å²) in [6.07, 6.45) is 1.25. The molecule has 1 aromatic carbocycles. The molecule has 0 aliphatic carbocycles. The van der Waals surface area contributed by atoms with E-state index >= 15 is 0 Å². The Morgan fingerprint density at radius 3 is 2.50 bits per heavy atom. The Hall–Kier alpha value is -1.84. The minimum Gasteiger partial charge on any atom is -0.357 e. The average molecular weight is 276 g/mol. The molecule has 0 aliphatic heterocycles. The van der Waals surface area contributed by atoms with Gasteiger partial charge in [0, 0.05) is 20.0 Å². The minimum absolute atomic E-state index is 0.0202. The third-order valence-corrected chi connectivity index (χ3v) is 3.48. The molecular formula is C16H24N2O2. The highest BCUT2D eigenvalue weighted by atomic mass is 16.2. The Morgan fingerprint density at radius 1 is 1.30 bits per heavy atom. The largest absolute Gasteiger partial charge is 0.357 e. The molecule has 20 heavy (non-hydrogen) atoms. The molecule has 0 spiro atoms. The van der Waals surface area contributed by atoms with Crippen molar-refractivity contribution in [3.63, 3.8) is 0 Å². The van der Waals surface area contributed by atoms with E-state index in [1.807, 2.05) is 38.1 Å². The Kier molecular flexibility index (Phi) is 6.22. The van der Waals surface area contributed by atoms with Crippen molar-refractivity contribution >= 4 is 11.8 Å². The van der Waals surface area contributed by atoms with Crippen LogP contribution in [0.4, 0.5) is 0 Å². The minimum atomic E-state index is -0.460. The van der Waals surface area contributed by atoms with E-state index in [0.29, 0.717) is 13.0 Å². The first kappa shape index (κ1) is 16.2. The second-order valence-electron chi connectivity index (χ2n) is 4.99. The zero-order valence-electron chi connectivity index (χ0n) is 12.8. The molecule has 1 unspecified atom stereocenters. The maximum atomic E-state index is 12.3. The fraction of sp³-hybridized carbons (Fsp3) is 0.500. The summed E-state index contributed by atoms with van der Waals surface area (Å²) in [7, 11) is 1.59. The molecular weight excluding hydrogens is 252 g/mol. The highest BCUT2D eigenvalue weighted by molar-refractivity contribution is 5.87. The van der Waals surface area contributed by atoms with E-state index in [9.17, 15) is 9.59 Å². The summed E-state index contributed by atoms with van der Waals surface area (Å²) in [5.74, 6) is -0.116. The number of rotatable bonds is 6. The first-order valence-corrected chi connectivity index (χ1v) is 7.06. The van der Waals surface area contributed by atoms with Crippen molar-refractivity contribution in [2.45, 2.75) is 46.2 Å². The third kappa shape index (κ3) is 4.08. The lowest BCUT2D eigenvalue weighted by atomic mass is 10.1. The molecule has 1 rings (SSSR count). The van der Waals surface area contributed by atoms with Gasteiger partial charge in [-0.3, -0.25) is 9.59 Å². The van der Waals surface area contributed by atoms with Gasteiger partial charge in [-0.15, -0.1) is 0 Å².